The number of hydrogen-bond acceptors (Lipinski definition) is 2. The van der Waals surface area contributed by atoms with Gasteiger partial charge in [-0.25, -0.2) is 0 Å². The molecular formula is C17H29ClN2. The third kappa shape index (κ3) is 4.76. The second kappa shape index (κ2) is 8.66. The molecule has 0 spiro atoms. The molecule has 1 aromatic carbocycles. The summed E-state index contributed by atoms with van der Waals surface area (Å²) in [6.45, 7) is 11.0. The molecule has 2 atom stereocenters. The molecule has 2 unspecified atom stereocenters. The molecule has 114 valence electrons. The van der Waals surface area contributed by atoms with Crippen LogP contribution >= 0.6 is 11.6 Å². The Morgan fingerprint density at radius 3 is 2.05 bits per heavy atom. The largest absolute Gasteiger partial charge is 0.326 e. The van der Waals surface area contributed by atoms with Crippen molar-refractivity contribution < 1.29 is 0 Å². The first-order valence-corrected chi connectivity index (χ1v) is 8.16. The molecule has 3 heteroatoms. The van der Waals surface area contributed by atoms with Gasteiger partial charge in [0.05, 0.1) is 0 Å². The minimum atomic E-state index is 0.102. The maximum Gasteiger partial charge on any atom is 0.0496 e. The lowest BCUT2D eigenvalue weighted by molar-refractivity contribution is 0.153. The summed E-state index contributed by atoms with van der Waals surface area (Å²) in [4.78, 5) is 2.51. The van der Waals surface area contributed by atoms with Crippen molar-refractivity contribution in [1.82, 2.24) is 4.90 Å². The summed E-state index contributed by atoms with van der Waals surface area (Å²) in [7, 11) is 0. The van der Waals surface area contributed by atoms with Crippen molar-refractivity contribution >= 4 is 11.6 Å². The molecule has 20 heavy (non-hydrogen) atoms. The van der Waals surface area contributed by atoms with Gasteiger partial charge in [0.1, 0.15) is 0 Å². The van der Waals surface area contributed by atoms with Crippen molar-refractivity contribution in [3.63, 3.8) is 0 Å². The number of likely N-dealkylation sites (N-methyl/N-ethyl adjacent to an activating group) is 1. The molecule has 2 N–H and O–H groups in total. The third-order valence-corrected chi connectivity index (χ3v) is 4.41. The van der Waals surface area contributed by atoms with Crippen LogP contribution in [0.5, 0.6) is 0 Å². The molecule has 0 fully saturated rings. The molecule has 0 saturated heterocycles. The smallest absolute Gasteiger partial charge is 0.0496 e. The van der Waals surface area contributed by atoms with Gasteiger partial charge in [0, 0.05) is 23.7 Å². The number of benzene rings is 1. The predicted molar refractivity (Wildman–Crippen MR) is 89.2 cm³/mol. The van der Waals surface area contributed by atoms with E-state index in [-0.39, 0.29) is 12.1 Å². The standard InChI is InChI=1S/C17H29ClN2/c1-5-14(6-2)12-20(7-3)17(13(4)19)15-8-10-16(18)11-9-15/h8-11,13-14,17H,5-7,12,19H2,1-4H3. The molecule has 0 radical (unpaired) electrons. The van der Waals surface area contributed by atoms with Gasteiger partial charge in [-0.3, -0.25) is 4.90 Å². The van der Waals surface area contributed by atoms with E-state index >= 15 is 0 Å². The first-order valence-electron chi connectivity index (χ1n) is 7.78. The number of hydrogen-bond donors (Lipinski definition) is 1. The Labute approximate surface area is 129 Å². The molecule has 0 aliphatic rings. The summed E-state index contributed by atoms with van der Waals surface area (Å²) < 4.78 is 0. The van der Waals surface area contributed by atoms with Crippen LogP contribution in [-0.4, -0.2) is 24.0 Å². The predicted octanol–water partition coefficient (Wildman–Crippen LogP) is 4.49. The summed E-state index contributed by atoms with van der Waals surface area (Å²) in [6.07, 6.45) is 2.44. The van der Waals surface area contributed by atoms with Crippen molar-refractivity contribution in [3.8, 4) is 0 Å². The summed E-state index contributed by atoms with van der Waals surface area (Å²) in [5.74, 6) is 0.739. The zero-order valence-electron chi connectivity index (χ0n) is 13.3. The Morgan fingerprint density at radius 1 is 1.10 bits per heavy atom. The van der Waals surface area contributed by atoms with E-state index in [0.717, 1.165) is 24.0 Å². The zero-order chi connectivity index (χ0) is 15.1. The molecule has 0 aliphatic heterocycles. The monoisotopic (exact) mass is 296 g/mol. The van der Waals surface area contributed by atoms with Crippen LogP contribution in [0.2, 0.25) is 5.02 Å². The van der Waals surface area contributed by atoms with Crippen LogP contribution in [0.15, 0.2) is 24.3 Å². The fourth-order valence-corrected chi connectivity index (χ4v) is 2.95. The maximum atomic E-state index is 6.27. The quantitative estimate of drug-likeness (QED) is 0.766. The molecule has 0 bridgehead atoms. The van der Waals surface area contributed by atoms with E-state index in [1.54, 1.807) is 0 Å². The van der Waals surface area contributed by atoms with Gasteiger partial charge in [0.2, 0.25) is 0 Å². The maximum absolute atomic E-state index is 6.27. The fourth-order valence-electron chi connectivity index (χ4n) is 2.82. The van der Waals surface area contributed by atoms with E-state index in [4.69, 9.17) is 17.3 Å². The van der Waals surface area contributed by atoms with Crippen LogP contribution in [0.3, 0.4) is 0 Å². The lowest BCUT2D eigenvalue weighted by atomic mass is 9.96. The van der Waals surface area contributed by atoms with Gasteiger partial charge in [0.25, 0.3) is 0 Å². The van der Waals surface area contributed by atoms with Crippen LogP contribution < -0.4 is 5.73 Å². The molecule has 0 amide bonds. The van der Waals surface area contributed by atoms with Crippen LogP contribution in [0, 0.1) is 5.92 Å². The van der Waals surface area contributed by atoms with Crippen molar-refractivity contribution in [2.45, 2.75) is 52.6 Å². The number of halogens is 1. The summed E-state index contributed by atoms with van der Waals surface area (Å²) >= 11 is 5.99. The average molecular weight is 297 g/mol. The van der Waals surface area contributed by atoms with Gasteiger partial charge < -0.3 is 5.73 Å². The van der Waals surface area contributed by atoms with Crippen molar-refractivity contribution in [1.29, 1.82) is 0 Å². The van der Waals surface area contributed by atoms with Crippen LogP contribution in [0.4, 0.5) is 0 Å². The van der Waals surface area contributed by atoms with Gasteiger partial charge >= 0.3 is 0 Å². The lowest BCUT2D eigenvalue weighted by Crippen LogP contribution is -2.41. The zero-order valence-corrected chi connectivity index (χ0v) is 14.0. The molecule has 0 heterocycles. The van der Waals surface area contributed by atoms with Crippen LogP contribution in [-0.2, 0) is 0 Å². The van der Waals surface area contributed by atoms with Crippen molar-refractivity contribution in [2.24, 2.45) is 11.7 Å². The van der Waals surface area contributed by atoms with Gasteiger partial charge in [-0.2, -0.15) is 0 Å². The first-order chi connectivity index (χ1) is 9.53. The van der Waals surface area contributed by atoms with E-state index in [2.05, 4.69) is 44.7 Å². The molecule has 1 rings (SSSR count). The summed E-state index contributed by atoms with van der Waals surface area (Å²) in [5.41, 5.74) is 7.53. The Hall–Kier alpha value is -0.570. The van der Waals surface area contributed by atoms with Gasteiger partial charge in [-0.15, -0.1) is 0 Å². The van der Waals surface area contributed by atoms with E-state index in [1.165, 1.54) is 18.4 Å². The Morgan fingerprint density at radius 2 is 1.65 bits per heavy atom. The second-order valence-corrected chi connectivity index (χ2v) is 6.06. The molecule has 2 nitrogen and oxygen atoms in total. The highest BCUT2D eigenvalue weighted by Crippen LogP contribution is 2.26. The molecule has 0 aromatic heterocycles. The van der Waals surface area contributed by atoms with Gasteiger partial charge in [-0.05, 0) is 37.1 Å². The van der Waals surface area contributed by atoms with E-state index in [0.29, 0.717) is 0 Å². The number of nitrogens with zero attached hydrogens (tertiary/aromatic N) is 1. The Bertz CT molecular complexity index is 371. The molecule has 0 aliphatic carbocycles. The SMILES string of the molecule is CCC(CC)CN(CC)C(c1ccc(Cl)cc1)C(C)N. The minimum Gasteiger partial charge on any atom is -0.326 e. The van der Waals surface area contributed by atoms with Gasteiger partial charge in [-0.1, -0.05) is 57.3 Å². The second-order valence-electron chi connectivity index (χ2n) is 5.63. The Kier molecular flexibility index (Phi) is 7.57. The Balaban J connectivity index is 2.94. The molecular weight excluding hydrogens is 268 g/mol. The van der Waals surface area contributed by atoms with E-state index < -0.39 is 0 Å². The first kappa shape index (κ1) is 17.5. The molecule has 1 aromatic rings. The van der Waals surface area contributed by atoms with Crippen LogP contribution in [0.1, 0.15) is 52.1 Å². The molecule has 0 saturated carbocycles. The van der Waals surface area contributed by atoms with Crippen molar-refractivity contribution in [3.05, 3.63) is 34.9 Å². The van der Waals surface area contributed by atoms with E-state index in [1.807, 2.05) is 12.1 Å². The summed E-state index contributed by atoms with van der Waals surface area (Å²) in [5, 5.41) is 0.778. The highest BCUT2D eigenvalue weighted by Gasteiger charge is 2.24. The highest BCUT2D eigenvalue weighted by atomic mass is 35.5. The lowest BCUT2D eigenvalue weighted by Gasteiger charge is -2.36. The van der Waals surface area contributed by atoms with Crippen molar-refractivity contribution in [2.75, 3.05) is 13.1 Å². The van der Waals surface area contributed by atoms with Crippen LogP contribution in [0.25, 0.3) is 0 Å². The highest BCUT2D eigenvalue weighted by molar-refractivity contribution is 6.30. The average Bonchev–Trinajstić information content (AvgIpc) is 2.44. The summed E-state index contributed by atoms with van der Waals surface area (Å²) in [6, 6.07) is 8.48. The minimum absolute atomic E-state index is 0.102. The van der Waals surface area contributed by atoms with E-state index in [9.17, 15) is 0 Å². The normalized spacial score (nSPS) is 14.8. The van der Waals surface area contributed by atoms with Gasteiger partial charge in [0.15, 0.2) is 0 Å². The third-order valence-electron chi connectivity index (χ3n) is 4.16. The fraction of sp³-hybridized carbons (Fsp3) is 0.647. The topological polar surface area (TPSA) is 29.3 Å². The number of nitrogens with two attached hydrogens (primary N) is 1. The number of rotatable bonds is 8.